The molecule has 0 aliphatic heterocycles. The van der Waals surface area contributed by atoms with Crippen LogP contribution in [0.25, 0.3) is 0 Å². The van der Waals surface area contributed by atoms with Crippen LogP contribution >= 0.6 is 12.2 Å². The highest BCUT2D eigenvalue weighted by Gasteiger charge is 2.02. The molecule has 0 heterocycles. The third-order valence-electron chi connectivity index (χ3n) is 1.84. The van der Waals surface area contributed by atoms with E-state index in [1.54, 1.807) is 6.21 Å². The van der Waals surface area contributed by atoms with E-state index in [1.807, 2.05) is 36.4 Å². The van der Waals surface area contributed by atoms with Gasteiger partial charge in [0.2, 0.25) is 0 Å². The molecule has 5 heteroatoms. The molecule has 0 amide bonds. The number of hydrogen-bond donors (Lipinski definition) is 1. The smallest absolute Gasteiger partial charge is 0.186 e. The molecule has 82 valence electrons. The fraction of sp³-hybridized carbons (Fsp3) is 0.182. The van der Waals surface area contributed by atoms with E-state index in [4.69, 9.17) is 23.2 Å². The Balaban J connectivity index is 2.65. The number of hydrogen-bond acceptors (Lipinski definition) is 3. The van der Waals surface area contributed by atoms with Gasteiger partial charge < -0.3 is 5.73 Å². The Morgan fingerprint density at radius 3 is 2.75 bits per heavy atom. The first-order valence-corrected chi connectivity index (χ1v) is 5.18. The van der Waals surface area contributed by atoms with E-state index in [-0.39, 0.29) is 5.11 Å². The fourth-order valence-electron chi connectivity index (χ4n) is 1.06. The molecular formula is C11H12N4S. The number of thiocarbonyl (C=S) groups is 1. The molecular weight excluding hydrogens is 220 g/mol. The number of rotatable bonds is 4. The van der Waals surface area contributed by atoms with E-state index in [9.17, 15) is 0 Å². The SMILES string of the molecule is N#CCCN(N=Cc1ccccc1)C(N)=S. The minimum Gasteiger partial charge on any atom is -0.375 e. The molecule has 0 spiro atoms. The van der Waals surface area contributed by atoms with Gasteiger partial charge in [0.15, 0.2) is 5.11 Å². The van der Waals surface area contributed by atoms with Crippen LogP contribution in [-0.4, -0.2) is 22.9 Å². The molecule has 0 unspecified atom stereocenters. The van der Waals surface area contributed by atoms with E-state index >= 15 is 0 Å². The van der Waals surface area contributed by atoms with E-state index < -0.39 is 0 Å². The van der Waals surface area contributed by atoms with Crippen LogP contribution in [-0.2, 0) is 0 Å². The van der Waals surface area contributed by atoms with Gasteiger partial charge in [0.05, 0.1) is 25.2 Å². The van der Waals surface area contributed by atoms with Crippen LogP contribution in [0.4, 0.5) is 0 Å². The van der Waals surface area contributed by atoms with Gasteiger partial charge in [0.25, 0.3) is 0 Å². The Morgan fingerprint density at radius 2 is 2.19 bits per heavy atom. The molecule has 0 saturated heterocycles. The number of nitriles is 1. The van der Waals surface area contributed by atoms with Crippen molar-refractivity contribution in [2.75, 3.05) is 6.54 Å². The van der Waals surface area contributed by atoms with E-state index in [2.05, 4.69) is 5.10 Å². The summed E-state index contributed by atoms with van der Waals surface area (Å²) in [4.78, 5) is 0. The van der Waals surface area contributed by atoms with E-state index in [0.717, 1.165) is 5.56 Å². The zero-order valence-corrected chi connectivity index (χ0v) is 9.52. The summed E-state index contributed by atoms with van der Waals surface area (Å²) in [5.41, 5.74) is 6.43. The van der Waals surface area contributed by atoms with Gasteiger partial charge in [-0.3, -0.25) is 0 Å². The molecule has 0 bridgehead atoms. The molecule has 0 saturated carbocycles. The summed E-state index contributed by atoms with van der Waals surface area (Å²) < 4.78 is 0. The van der Waals surface area contributed by atoms with E-state index in [1.165, 1.54) is 5.01 Å². The van der Waals surface area contributed by atoms with Crippen molar-refractivity contribution in [2.45, 2.75) is 6.42 Å². The van der Waals surface area contributed by atoms with Gasteiger partial charge in [-0.05, 0) is 17.8 Å². The van der Waals surface area contributed by atoms with Crippen LogP contribution in [0.15, 0.2) is 35.4 Å². The molecule has 1 rings (SSSR count). The topological polar surface area (TPSA) is 65.4 Å². The summed E-state index contributed by atoms with van der Waals surface area (Å²) in [6.45, 7) is 0.412. The Kier molecular flexibility index (Phi) is 4.96. The van der Waals surface area contributed by atoms with E-state index in [0.29, 0.717) is 13.0 Å². The van der Waals surface area contributed by atoms with Gasteiger partial charge in [0.1, 0.15) is 0 Å². The summed E-state index contributed by atoms with van der Waals surface area (Å²) in [6, 6.07) is 11.6. The number of hydrazone groups is 1. The lowest BCUT2D eigenvalue weighted by Crippen LogP contribution is -2.31. The molecule has 0 radical (unpaired) electrons. The van der Waals surface area contributed by atoms with Gasteiger partial charge in [-0.2, -0.15) is 10.4 Å². The molecule has 1 aromatic carbocycles. The lowest BCUT2D eigenvalue weighted by atomic mass is 10.2. The van der Waals surface area contributed by atoms with Gasteiger partial charge in [0, 0.05) is 0 Å². The quantitative estimate of drug-likeness (QED) is 0.485. The molecule has 1 aromatic rings. The zero-order chi connectivity index (χ0) is 11.8. The van der Waals surface area contributed by atoms with Crippen molar-refractivity contribution in [1.82, 2.24) is 5.01 Å². The van der Waals surface area contributed by atoms with Crippen molar-refractivity contribution in [3.8, 4) is 6.07 Å². The first-order valence-electron chi connectivity index (χ1n) is 4.77. The maximum Gasteiger partial charge on any atom is 0.186 e. The second kappa shape index (κ2) is 6.53. The minimum absolute atomic E-state index is 0.169. The van der Waals surface area contributed by atoms with Crippen LogP contribution in [0.3, 0.4) is 0 Å². The van der Waals surface area contributed by atoms with Crippen molar-refractivity contribution in [2.24, 2.45) is 10.8 Å². The average molecular weight is 232 g/mol. The Labute approximate surface area is 100.0 Å². The second-order valence-electron chi connectivity index (χ2n) is 3.02. The fourth-order valence-corrected chi connectivity index (χ4v) is 1.19. The first kappa shape index (κ1) is 12.1. The average Bonchev–Trinajstić information content (AvgIpc) is 2.30. The highest BCUT2D eigenvalue weighted by atomic mass is 32.1. The van der Waals surface area contributed by atoms with Crippen LogP contribution in [0, 0.1) is 11.3 Å². The summed E-state index contributed by atoms with van der Waals surface area (Å²) in [7, 11) is 0. The molecule has 4 nitrogen and oxygen atoms in total. The van der Waals surface area contributed by atoms with Crippen LogP contribution in [0.2, 0.25) is 0 Å². The van der Waals surface area contributed by atoms with Gasteiger partial charge >= 0.3 is 0 Å². The molecule has 0 aromatic heterocycles. The Bertz CT molecular complexity index is 408. The third kappa shape index (κ3) is 4.07. The standard InChI is InChI=1S/C11H12N4S/c12-7-4-8-15(11(13)16)14-9-10-5-2-1-3-6-10/h1-3,5-6,9H,4,8H2,(H2,13,16). The number of nitrogens with zero attached hydrogens (tertiary/aromatic N) is 3. The Morgan fingerprint density at radius 1 is 1.50 bits per heavy atom. The van der Waals surface area contributed by atoms with Crippen molar-refractivity contribution in [1.29, 1.82) is 5.26 Å². The molecule has 0 aliphatic rings. The minimum atomic E-state index is 0.169. The molecule has 0 atom stereocenters. The van der Waals surface area contributed by atoms with Crippen LogP contribution < -0.4 is 5.73 Å². The molecule has 0 fully saturated rings. The predicted octanol–water partition coefficient (Wildman–Crippen LogP) is 1.48. The third-order valence-corrected chi connectivity index (χ3v) is 2.05. The van der Waals surface area contributed by atoms with Crippen LogP contribution in [0.1, 0.15) is 12.0 Å². The maximum absolute atomic E-state index is 8.47. The van der Waals surface area contributed by atoms with Crippen molar-refractivity contribution >= 4 is 23.5 Å². The van der Waals surface area contributed by atoms with Gasteiger partial charge in [-0.15, -0.1) is 0 Å². The summed E-state index contributed by atoms with van der Waals surface area (Å²) in [5, 5.41) is 14.2. The van der Waals surface area contributed by atoms with Gasteiger partial charge in [-0.25, -0.2) is 5.01 Å². The van der Waals surface area contributed by atoms with Crippen molar-refractivity contribution in [3.05, 3.63) is 35.9 Å². The van der Waals surface area contributed by atoms with Gasteiger partial charge in [-0.1, -0.05) is 30.3 Å². The Hall–Kier alpha value is -1.93. The van der Waals surface area contributed by atoms with Crippen molar-refractivity contribution < 1.29 is 0 Å². The lowest BCUT2D eigenvalue weighted by molar-refractivity contribution is 0.461. The monoisotopic (exact) mass is 232 g/mol. The largest absolute Gasteiger partial charge is 0.375 e. The lowest BCUT2D eigenvalue weighted by Gasteiger charge is -2.14. The summed E-state index contributed by atoms with van der Waals surface area (Å²) >= 11 is 4.83. The number of benzene rings is 1. The summed E-state index contributed by atoms with van der Waals surface area (Å²) in [6.07, 6.45) is 2.00. The maximum atomic E-state index is 8.47. The second-order valence-corrected chi connectivity index (χ2v) is 3.44. The molecule has 2 N–H and O–H groups in total. The highest BCUT2D eigenvalue weighted by molar-refractivity contribution is 7.80. The highest BCUT2D eigenvalue weighted by Crippen LogP contribution is 1.97. The van der Waals surface area contributed by atoms with Crippen LogP contribution in [0.5, 0.6) is 0 Å². The molecule has 16 heavy (non-hydrogen) atoms. The predicted molar refractivity (Wildman–Crippen MR) is 67.8 cm³/mol. The first-order chi connectivity index (χ1) is 7.74. The normalized spacial score (nSPS) is 9.94. The molecule has 0 aliphatic carbocycles. The number of nitrogens with two attached hydrogens (primary N) is 1. The summed E-state index contributed by atoms with van der Waals surface area (Å²) in [5.74, 6) is 0. The van der Waals surface area contributed by atoms with Crippen molar-refractivity contribution in [3.63, 3.8) is 0 Å². The zero-order valence-electron chi connectivity index (χ0n) is 8.71.